The SMILES string of the molecule is Cc1ccc(-c2cc(N3CCNCC3)on2)cc1C. The zero-order valence-corrected chi connectivity index (χ0v) is 11.4. The van der Waals surface area contributed by atoms with E-state index >= 15 is 0 Å². The minimum atomic E-state index is 0.870. The summed E-state index contributed by atoms with van der Waals surface area (Å²) in [6.07, 6.45) is 0. The lowest BCUT2D eigenvalue weighted by molar-refractivity contribution is 0.409. The fraction of sp³-hybridized carbons (Fsp3) is 0.400. The monoisotopic (exact) mass is 257 g/mol. The van der Waals surface area contributed by atoms with Crippen molar-refractivity contribution in [3.8, 4) is 11.3 Å². The maximum atomic E-state index is 5.48. The molecule has 4 nitrogen and oxygen atoms in total. The second kappa shape index (κ2) is 5.05. The molecule has 0 spiro atoms. The Labute approximate surface area is 113 Å². The highest BCUT2D eigenvalue weighted by molar-refractivity contribution is 5.63. The van der Waals surface area contributed by atoms with Crippen molar-refractivity contribution >= 4 is 5.88 Å². The Morgan fingerprint density at radius 1 is 1.11 bits per heavy atom. The van der Waals surface area contributed by atoms with Gasteiger partial charge in [0.25, 0.3) is 0 Å². The number of rotatable bonds is 2. The average molecular weight is 257 g/mol. The van der Waals surface area contributed by atoms with Gasteiger partial charge in [0.1, 0.15) is 5.69 Å². The van der Waals surface area contributed by atoms with E-state index in [0.29, 0.717) is 0 Å². The first-order valence-corrected chi connectivity index (χ1v) is 6.74. The van der Waals surface area contributed by atoms with Crippen molar-refractivity contribution in [1.29, 1.82) is 0 Å². The van der Waals surface area contributed by atoms with Crippen LogP contribution in [0.4, 0.5) is 5.88 Å². The van der Waals surface area contributed by atoms with Gasteiger partial charge in [-0.15, -0.1) is 0 Å². The number of nitrogens with zero attached hydrogens (tertiary/aromatic N) is 2. The lowest BCUT2D eigenvalue weighted by Gasteiger charge is -2.25. The third-order valence-electron chi connectivity index (χ3n) is 3.73. The Bertz CT molecular complexity index is 571. The van der Waals surface area contributed by atoms with E-state index in [1.807, 2.05) is 6.07 Å². The van der Waals surface area contributed by atoms with Crippen LogP contribution < -0.4 is 10.2 Å². The van der Waals surface area contributed by atoms with E-state index in [4.69, 9.17) is 4.52 Å². The van der Waals surface area contributed by atoms with Gasteiger partial charge < -0.3 is 14.7 Å². The molecule has 1 N–H and O–H groups in total. The van der Waals surface area contributed by atoms with Crippen LogP contribution in [-0.2, 0) is 0 Å². The molecule has 0 radical (unpaired) electrons. The number of aromatic nitrogens is 1. The molecule has 0 amide bonds. The van der Waals surface area contributed by atoms with Crippen LogP contribution in [0.15, 0.2) is 28.8 Å². The van der Waals surface area contributed by atoms with Crippen LogP contribution in [-0.4, -0.2) is 31.3 Å². The van der Waals surface area contributed by atoms with Crippen molar-refractivity contribution in [2.24, 2.45) is 0 Å². The summed E-state index contributed by atoms with van der Waals surface area (Å²) in [4.78, 5) is 2.23. The highest BCUT2D eigenvalue weighted by Gasteiger charge is 2.16. The third-order valence-corrected chi connectivity index (χ3v) is 3.73. The van der Waals surface area contributed by atoms with Gasteiger partial charge in [-0.1, -0.05) is 17.3 Å². The molecule has 0 unspecified atom stereocenters. The Morgan fingerprint density at radius 2 is 1.89 bits per heavy atom. The van der Waals surface area contributed by atoms with Crippen LogP contribution in [0.5, 0.6) is 0 Å². The van der Waals surface area contributed by atoms with Crippen LogP contribution in [0.2, 0.25) is 0 Å². The molecule has 4 heteroatoms. The lowest BCUT2D eigenvalue weighted by atomic mass is 10.0. The molecule has 100 valence electrons. The van der Waals surface area contributed by atoms with Crippen LogP contribution in [0, 0.1) is 13.8 Å². The van der Waals surface area contributed by atoms with Crippen LogP contribution in [0.1, 0.15) is 11.1 Å². The fourth-order valence-electron chi connectivity index (χ4n) is 2.34. The molecule has 2 heterocycles. The van der Waals surface area contributed by atoms with Gasteiger partial charge in [0.15, 0.2) is 0 Å². The molecular weight excluding hydrogens is 238 g/mol. The van der Waals surface area contributed by atoms with E-state index in [1.165, 1.54) is 11.1 Å². The van der Waals surface area contributed by atoms with Crippen molar-refractivity contribution in [2.75, 3.05) is 31.1 Å². The predicted octanol–water partition coefficient (Wildman–Crippen LogP) is 2.37. The van der Waals surface area contributed by atoms with Gasteiger partial charge in [-0.25, -0.2) is 0 Å². The van der Waals surface area contributed by atoms with Gasteiger partial charge in [0, 0.05) is 37.8 Å². The first-order valence-electron chi connectivity index (χ1n) is 6.74. The zero-order chi connectivity index (χ0) is 13.2. The molecule has 1 saturated heterocycles. The van der Waals surface area contributed by atoms with Gasteiger partial charge in [-0.05, 0) is 31.0 Å². The van der Waals surface area contributed by atoms with E-state index in [0.717, 1.165) is 43.3 Å². The number of benzene rings is 1. The quantitative estimate of drug-likeness (QED) is 0.896. The van der Waals surface area contributed by atoms with E-state index in [1.54, 1.807) is 0 Å². The topological polar surface area (TPSA) is 41.3 Å². The molecule has 1 aliphatic heterocycles. The lowest BCUT2D eigenvalue weighted by Crippen LogP contribution is -2.43. The first-order chi connectivity index (χ1) is 9.24. The summed E-state index contributed by atoms with van der Waals surface area (Å²) in [5, 5.41) is 7.53. The second-order valence-electron chi connectivity index (χ2n) is 5.09. The van der Waals surface area contributed by atoms with E-state index in [2.05, 4.69) is 47.4 Å². The van der Waals surface area contributed by atoms with Crippen molar-refractivity contribution in [3.05, 3.63) is 35.4 Å². The number of piperazine rings is 1. The Balaban J connectivity index is 1.85. The fourth-order valence-corrected chi connectivity index (χ4v) is 2.34. The van der Waals surface area contributed by atoms with Crippen molar-refractivity contribution in [3.63, 3.8) is 0 Å². The number of nitrogens with one attached hydrogen (secondary N) is 1. The van der Waals surface area contributed by atoms with E-state index in [9.17, 15) is 0 Å². The highest BCUT2D eigenvalue weighted by atomic mass is 16.5. The number of hydrogen-bond acceptors (Lipinski definition) is 4. The normalized spacial score (nSPS) is 15.8. The number of anilines is 1. The van der Waals surface area contributed by atoms with E-state index < -0.39 is 0 Å². The van der Waals surface area contributed by atoms with E-state index in [-0.39, 0.29) is 0 Å². The second-order valence-corrected chi connectivity index (χ2v) is 5.09. The average Bonchev–Trinajstić information content (AvgIpc) is 2.93. The summed E-state index contributed by atoms with van der Waals surface area (Å²) in [6.45, 7) is 8.19. The van der Waals surface area contributed by atoms with Gasteiger partial charge in [-0.2, -0.15) is 0 Å². The molecule has 1 aromatic heterocycles. The van der Waals surface area contributed by atoms with Gasteiger partial charge in [0.2, 0.25) is 5.88 Å². The summed E-state index contributed by atoms with van der Waals surface area (Å²) < 4.78 is 5.48. The maximum Gasteiger partial charge on any atom is 0.227 e. The molecule has 3 rings (SSSR count). The Morgan fingerprint density at radius 3 is 2.63 bits per heavy atom. The van der Waals surface area contributed by atoms with Crippen molar-refractivity contribution < 1.29 is 4.52 Å². The van der Waals surface area contributed by atoms with Crippen molar-refractivity contribution in [2.45, 2.75) is 13.8 Å². The first kappa shape index (κ1) is 12.2. The Hall–Kier alpha value is -1.81. The molecule has 19 heavy (non-hydrogen) atoms. The maximum absolute atomic E-state index is 5.48. The number of hydrogen-bond donors (Lipinski definition) is 1. The highest BCUT2D eigenvalue weighted by Crippen LogP contribution is 2.25. The molecule has 0 aliphatic carbocycles. The summed E-state index contributed by atoms with van der Waals surface area (Å²) in [7, 11) is 0. The predicted molar refractivity (Wildman–Crippen MR) is 76.5 cm³/mol. The summed E-state index contributed by atoms with van der Waals surface area (Å²) in [5.74, 6) is 0.870. The molecule has 1 fully saturated rings. The third kappa shape index (κ3) is 2.49. The summed E-state index contributed by atoms with van der Waals surface area (Å²) in [5.41, 5.74) is 4.61. The Kier molecular flexibility index (Phi) is 3.25. The molecule has 0 saturated carbocycles. The molecule has 1 aromatic carbocycles. The molecule has 2 aromatic rings. The van der Waals surface area contributed by atoms with Gasteiger partial charge in [0.05, 0.1) is 0 Å². The van der Waals surface area contributed by atoms with Crippen LogP contribution in [0.25, 0.3) is 11.3 Å². The van der Waals surface area contributed by atoms with Crippen LogP contribution in [0.3, 0.4) is 0 Å². The smallest absolute Gasteiger partial charge is 0.227 e. The van der Waals surface area contributed by atoms with Gasteiger partial charge in [-0.3, -0.25) is 0 Å². The van der Waals surface area contributed by atoms with Crippen LogP contribution >= 0.6 is 0 Å². The minimum absolute atomic E-state index is 0.870. The van der Waals surface area contributed by atoms with Crippen molar-refractivity contribution in [1.82, 2.24) is 10.5 Å². The largest absolute Gasteiger partial charge is 0.338 e. The number of aryl methyl sites for hydroxylation is 2. The molecular formula is C15H19N3O. The molecule has 1 aliphatic rings. The summed E-state index contributed by atoms with van der Waals surface area (Å²) >= 11 is 0. The zero-order valence-electron chi connectivity index (χ0n) is 11.4. The van der Waals surface area contributed by atoms with Gasteiger partial charge >= 0.3 is 0 Å². The summed E-state index contributed by atoms with van der Waals surface area (Å²) in [6, 6.07) is 8.43. The standard InChI is InChI=1S/C15H19N3O/c1-11-3-4-13(9-12(11)2)14-10-15(19-17-14)18-7-5-16-6-8-18/h3-4,9-10,16H,5-8H2,1-2H3. The molecule has 0 atom stereocenters. The minimum Gasteiger partial charge on any atom is -0.338 e. The molecule has 0 bridgehead atoms.